The molecule has 148 valence electrons. The van der Waals surface area contributed by atoms with Crippen molar-refractivity contribution in [2.75, 3.05) is 44.7 Å². The Morgan fingerprint density at radius 2 is 1.82 bits per heavy atom. The van der Waals surface area contributed by atoms with Gasteiger partial charge < -0.3 is 15.5 Å². The van der Waals surface area contributed by atoms with E-state index < -0.39 is 0 Å². The van der Waals surface area contributed by atoms with Gasteiger partial charge in [-0.1, -0.05) is 35.9 Å². The first-order valence-electron chi connectivity index (χ1n) is 9.31. The van der Waals surface area contributed by atoms with Gasteiger partial charge in [0.1, 0.15) is 5.84 Å². The number of benzene rings is 2. The standard InChI is InChI=1S/C21H23ClN4O.H2O/c22-17-7-5-16(6-8-17)20-15-21(23-9-10-26-11-13-27-14-12-26)25-19-4-2-1-3-18(19)24-20;/h1-8H,9-15H2,(H,23,25);1H2. The van der Waals surface area contributed by atoms with E-state index in [1.807, 2.05) is 48.5 Å². The molecule has 0 saturated carbocycles. The van der Waals surface area contributed by atoms with Gasteiger partial charge in [0.2, 0.25) is 0 Å². The van der Waals surface area contributed by atoms with E-state index in [0.717, 1.165) is 72.9 Å². The van der Waals surface area contributed by atoms with Crippen LogP contribution in [0, 0.1) is 0 Å². The van der Waals surface area contributed by atoms with Crippen LogP contribution < -0.4 is 5.32 Å². The first-order valence-corrected chi connectivity index (χ1v) is 9.69. The summed E-state index contributed by atoms with van der Waals surface area (Å²) in [5.74, 6) is 0.946. The molecule has 1 saturated heterocycles. The molecule has 2 aliphatic heterocycles. The number of ether oxygens (including phenoxy) is 1. The molecule has 2 aliphatic rings. The fraction of sp³-hybridized carbons (Fsp3) is 0.333. The molecule has 0 radical (unpaired) electrons. The van der Waals surface area contributed by atoms with Gasteiger partial charge in [-0.25, -0.2) is 0 Å². The topological polar surface area (TPSA) is 80.7 Å². The highest BCUT2D eigenvalue weighted by molar-refractivity contribution is 6.30. The van der Waals surface area contributed by atoms with Crippen LogP contribution in [0.4, 0.5) is 11.4 Å². The number of nitrogens with one attached hydrogen (secondary N) is 1. The lowest BCUT2D eigenvalue weighted by molar-refractivity contribution is 0.0394. The predicted octanol–water partition coefficient (Wildman–Crippen LogP) is 3.18. The number of rotatable bonds is 4. The number of amidine groups is 1. The second-order valence-corrected chi connectivity index (χ2v) is 7.10. The fourth-order valence-corrected chi connectivity index (χ4v) is 3.40. The van der Waals surface area contributed by atoms with Crippen LogP contribution in [-0.4, -0.2) is 61.3 Å². The van der Waals surface area contributed by atoms with Gasteiger partial charge in [-0.2, -0.15) is 0 Å². The minimum atomic E-state index is 0. The van der Waals surface area contributed by atoms with E-state index in [0.29, 0.717) is 6.42 Å². The van der Waals surface area contributed by atoms with Gasteiger partial charge in [0.25, 0.3) is 0 Å². The largest absolute Gasteiger partial charge is 0.412 e. The quantitative estimate of drug-likeness (QED) is 0.855. The lowest BCUT2D eigenvalue weighted by Gasteiger charge is -2.25. The van der Waals surface area contributed by atoms with E-state index in [2.05, 4.69) is 10.2 Å². The molecule has 2 aromatic rings. The summed E-state index contributed by atoms with van der Waals surface area (Å²) in [6.07, 6.45) is 0.666. The Hall–Kier alpha value is -2.25. The second kappa shape index (κ2) is 9.80. The maximum atomic E-state index is 6.05. The number of fused-ring (bicyclic) bond motifs is 1. The highest BCUT2D eigenvalue weighted by Crippen LogP contribution is 2.29. The third-order valence-corrected chi connectivity index (χ3v) is 5.03. The van der Waals surface area contributed by atoms with Crippen molar-refractivity contribution < 1.29 is 10.2 Å². The molecule has 0 spiro atoms. The molecule has 6 nitrogen and oxygen atoms in total. The smallest absolute Gasteiger partial charge is 0.107 e. The lowest BCUT2D eigenvalue weighted by atomic mass is 10.1. The second-order valence-electron chi connectivity index (χ2n) is 6.67. The van der Waals surface area contributed by atoms with Gasteiger partial charge in [0.05, 0.1) is 36.8 Å². The highest BCUT2D eigenvalue weighted by Gasteiger charge is 2.16. The molecule has 28 heavy (non-hydrogen) atoms. The number of para-hydroxylation sites is 2. The Kier molecular flexibility index (Phi) is 7.17. The molecule has 0 amide bonds. The van der Waals surface area contributed by atoms with Gasteiger partial charge in [0, 0.05) is 31.1 Å². The minimum Gasteiger partial charge on any atom is -0.412 e. The summed E-state index contributed by atoms with van der Waals surface area (Å²) in [4.78, 5) is 12.1. The van der Waals surface area contributed by atoms with Gasteiger partial charge in [-0.15, -0.1) is 0 Å². The van der Waals surface area contributed by atoms with Crippen molar-refractivity contribution in [1.29, 1.82) is 0 Å². The van der Waals surface area contributed by atoms with Crippen molar-refractivity contribution in [3.63, 3.8) is 0 Å². The average molecular weight is 401 g/mol. The fourth-order valence-electron chi connectivity index (χ4n) is 3.28. The van der Waals surface area contributed by atoms with E-state index in [9.17, 15) is 0 Å². The summed E-state index contributed by atoms with van der Waals surface area (Å²) in [6.45, 7) is 5.31. The SMILES string of the molecule is Clc1ccc(C2=Nc3ccccc3NC(=NCCN3CCOCC3)C2)cc1.O. The summed E-state index contributed by atoms with van der Waals surface area (Å²) in [6, 6.07) is 15.9. The van der Waals surface area contributed by atoms with Crippen LogP contribution in [0.2, 0.25) is 5.02 Å². The summed E-state index contributed by atoms with van der Waals surface area (Å²) in [5.41, 5.74) is 3.99. The molecule has 0 atom stereocenters. The predicted molar refractivity (Wildman–Crippen MR) is 116 cm³/mol. The number of nitrogens with zero attached hydrogens (tertiary/aromatic N) is 3. The van der Waals surface area contributed by atoms with Crippen LogP contribution in [-0.2, 0) is 4.74 Å². The summed E-state index contributed by atoms with van der Waals surface area (Å²) in [7, 11) is 0. The number of aliphatic imine (C=N–C) groups is 2. The molecule has 3 N–H and O–H groups in total. The van der Waals surface area contributed by atoms with Crippen LogP contribution in [0.25, 0.3) is 0 Å². The molecule has 1 fully saturated rings. The molecule has 0 bridgehead atoms. The monoisotopic (exact) mass is 400 g/mol. The molecular weight excluding hydrogens is 376 g/mol. The van der Waals surface area contributed by atoms with E-state index >= 15 is 0 Å². The summed E-state index contributed by atoms with van der Waals surface area (Å²) >= 11 is 6.05. The number of anilines is 1. The Morgan fingerprint density at radius 1 is 1.07 bits per heavy atom. The number of halogens is 1. The highest BCUT2D eigenvalue weighted by atomic mass is 35.5. The van der Waals surface area contributed by atoms with Crippen LogP contribution in [0.3, 0.4) is 0 Å². The van der Waals surface area contributed by atoms with Gasteiger partial charge in [-0.05, 0) is 29.8 Å². The van der Waals surface area contributed by atoms with Crippen LogP contribution in [0.1, 0.15) is 12.0 Å². The summed E-state index contributed by atoms with van der Waals surface area (Å²) < 4.78 is 5.41. The normalized spacial score (nSPS) is 18.5. The maximum Gasteiger partial charge on any atom is 0.107 e. The van der Waals surface area contributed by atoms with Gasteiger partial charge >= 0.3 is 0 Å². The first-order chi connectivity index (χ1) is 13.3. The molecule has 0 aliphatic carbocycles. The van der Waals surface area contributed by atoms with Crippen molar-refractivity contribution in [1.82, 2.24) is 4.90 Å². The molecule has 7 heteroatoms. The molecule has 4 rings (SSSR count). The Labute approximate surface area is 170 Å². The van der Waals surface area contributed by atoms with Crippen molar-refractivity contribution in [2.24, 2.45) is 9.98 Å². The number of hydrogen-bond acceptors (Lipinski definition) is 4. The Morgan fingerprint density at radius 3 is 2.61 bits per heavy atom. The van der Waals surface area contributed by atoms with E-state index in [1.165, 1.54) is 0 Å². The minimum absolute atomic E-state index is 0. The molecular formula is C21H25ClN4O2. The van der Waals surface area contributed by atoms with Gasteiger partial charge in [0.15, 0.2) is 0 Å². The lowest BCUT2D eigenvalue weighted by Crippen LogP contribution is -2.38. The molecule has 0 unspecified atom stereocenters. The zero-order valence-corrected chi connectivity index (χ0v) is 16.5. The number of hydrogen-bond donors (Lipinski definition) is 1. The van der Waals surface area contributed by atoms with E-state index in [4.69, 9.17) is 26.3 Å². The average Bonchev–Trinajstić information content (AvgIpc) is 2.88. The first kappa shape index (κ1) is 20.5. The van der Waals surface area contributed by atoms with Crippen molar-refractivity contribution >= 4 is 34.5 Å². The summed E-state index contributed by atoms with van der Waals surface area (Å²) in [5, 5.41) is 4.20. The molecule has 0 aromatic heterocycles. The Balaban J connectivity index is 0.00000225. The van der Waals surface area contributed by atoms with Crippen molar-refractivity contribution in [3.8, 4) is 0 Å². The van der Waals surface area contributed by atoms with Crippen molar-refractivity contribution in [3.05, 3.63) is 59.1 Å². The van der Waals surface area contributed by atoms with Gasteiger partial charge in [-0.3, -0.25) is 14.9 Å². The van der Waals surface area contributed by atoms with E-state index in [-0.39, 0.29) is 5.48 Å². The molecule has 2 heterocycles. The van der Waals surface area contributed by atoms with Crippen LogP contribution >= 0.6 is 11.6 Å². The molecule has 2 aromatic carbocycles. The Bertz CT molecular complexity index is 846. The van der Waals surface area contributed by atoms with E-state index in [1.54, 1.807) is 0 Å². The third kappa shape index (κ3) is 5.17. The van der Waals surface area contributed by atoms with Crippen LogP contribution in [0.5, 0.6) is 0 Å². The zero-order valence-electron chi connectivity index (χ0n) is 15.7. The third-order valence-electron chi connectivity index (χ3n) is 4.77. The number of morpholine rings is 1. The van der Waals surface area contributed by atoms with Crippen molar-refractivity contribution in [2.45, 2.75) is 6.42 Å². The maximum absolute atomic E-state index is 6.05. The zero-order chi connectivity index (χ0) is 18.5. The van der Waals surface area contributed by atoms with Crippen LogP contribution in [0.15, 0.2) is 58.5 Å².